The molecule has 2 heterocycles. The average Bonchev–Trinajstić information content (AvgIpc) is 3.29. The van der Waals surface area contributed by atoms with Crippen LogP contribution in [-0.2, 0) is 9.53 Å². The lowest BCUT2D eigenvalue weighted by atomic mass is 9.89. The Hall–Kier alpha value is -2.92. The van der Waals surface area contributed by atoms with Gasteiger partial charge in [-0.15, -0.1) is 0 Å². The molecule has 2 atom stereocenters. The number of carbonyl (C=O) groups excluding carboxylic acids is 2. The van der Waals surface area contributed by atoms with Crippen molar-refractivity contribution in [2.24, 2.45) is 5.92 Å². The average molecular weight is 446 g/mol. The number of aromatic nitrogens is 1. The number of ether oxygens (including phenoxy) is 1. The third kappa shape index (κ3) is 3.64. The number of methoxy groups -OCH3 is 1. The molecule has 0 fully saturated rings. The first-order chi connectivity index (χ1) is 15.3. The van der Waals surface area contributed by atoms with Gasteiger partial charge < -0.3 is 4.74 Å². The number of rotatable bonds is 5. The second-order valence-electron chi connectivity index (χ2n) is 9.74. The number of fused-ring (bicyclic) bond motifs is 1. The van der Waals surface area contributed by atoms with Crippen LogP contribution in [0.4, 0.5) is 0 Å². The maximum absolute atomic E-state index is 13.0. The lowest BCUT2D eigenvalue weighted by Crippen LogP contribution is -2.65. The van der Waals surface area contributed by atoms with E-state index in [9.17, 15) is 9.59 Å². The monoisotopic (exact) mass is 445 g/mol. The zero-order chi connectivity index (χ0) is 22.9. The molecule has 0 saturated carbocycles. The minimum Gasteiger partial charge on any atom is -0.468 e. The van der Waals surface area contributed by atoms with E-state index in [4.69, 9.17) is 4.74 Å². The fourth-order valence-electron chi connectivity index (χ4n) is 5.52. The highest BCUT2D eigenvalue weighted by molar-refractivity contribution is 7.04. The third-order valence-electron chi connectivity index (χ3n) is 7.11. The Bertz CT molecular complexity index is 1060. The van der Waals surface area contributed by atoms with Crippen molar-refractivity contribution in [2.75, 3.05) is 7.11 Å². The van der Waals surface area contributed by atoms with Crippen molar-refractivity contribution in [3.05, 3.63) is 84.7 Å². The van der Waals surface area contributed by atoms with Crippen molar-refractivity contribution in [3.63, 3.8) is 0 Å². The molecular formula is C27H31NO3Si. The topological polar surface area (TPSA) is 48.3 Å². The summed E-state index contributed by atoms with van der Waals surface area (Å²) in [4.78, 5) is 25.5. The van der Waals surface area contributed by atoms with E-state index in [1.807, 2.05) is 12.1 Å². The van der Waals surface area contributed by atoms with E-state index in [-0.39, 0.29) is 16.9 Å². The molecule has 3 aromatic rings. The van der Waals surface area contributed by atoms with Crippen molar-refractivity contribution in [3.8, 4) is 0 Å². The molecule has 166 valence electrons. The summed E-state index contributed by atoms with van der Waals surface area (Å²) in [6.07, 6.45) is 2.27. The molecule has 0 amide bonds. The second-order valence-corrected chi connectivity index (χ2v) is 14.6. The van der Waals surface area contributed by atoms with Crippen molar-refractivity contribution in [1.82, 2.24) is 4.57 Å². The highest BCUT2D eigenvalue weighted by Crippen LogP contribution is 2.45. The smallest absolute Gasteiger partial charge is 0.318 e. The molecule has 0 aliphatic carbocycles. The van der Waals surface area contributed by atoms with Crippen LogP contribution in [0, 0.1) is 5.92 Å². The summed E-state index contributed by atoms with van der Waals surface area (Å²) < 4.78 is 6.68. The molecule has 4 nitrogen and oxygen atoms in total. The van der Waals surface area contributed by atoms with Crippen LogP contribution in [-0.4, -0.2) is 31.6 Å². The number of hydrogen-bond donors (Lipinski definition) is 0. The van der Waals surface area contributed by atoms with Crippen LogP contribution in [0.5, 0.6) is 0 Å². The number of hydrogen-bond acceptors (Lipinski definition) is 3. The second kappa shape index (κ2) is 8.55. The van der Waals surface area contributed by atoms with Crippen LogP contribution in [0.25, 0.3) is 0 Å². The van der Waals surface area contributed by atoms with Gasteiger partial charge in [0.1, 0.15) is 14.0 Å². The Balaban J connectivity index is 1.90. The van der Waals surface area contributed by atoms with Crippen LogP contribution in [0.1, 0.15) is 43.6 Å². The Labute approximate surface area is 191 Å². The van der Waals surface area contributed by atoms with Gasteiger partial charge in [-0.3, -0.25) is 14.2 Å². The summed E-state index contributed by atoms with van der Waals surface area (Å²) in [6, 6.07) is 26.5. The van der Waals surface area contributed by atoms with Crippen molar-refractivity contribution in [1.29, 1.82) is 0 Å². The molecule has 1 aliphatic heterocycles. The molecule has 0 unspecified atom stereocenters. The minimum absolute atomic E-state index is 0.00927. The number of carbonyl (C=O) groups is 2. The third-order valence-corrected chi connectivity index (χ3v) is 13.4. The molecule has 5 heteroatoms. The Morgan fingerprint density at radius 3 is 2.03 bits per heavy atom. The van der Waals surface area contributed by atoms with Crippen LogP contribution in [0.2, 0.25) is 11.1 Å². The van der Waals surface area contributed by atoms with Gasteiger partial charge in [0.15, 0.2) is 0 Å². The maximum Gasteiger partial charge on any atom is 0.318 e. The van der Waals surface area contributed by atoms with E-state index in [1.54, 1.807) is 10.8 Å². The van der Waals surface area contributed by atoms with Gasteiger partial charge in [0.05, 0.1) is 7.11 Å². The van der Waals surface area contributed by atoms with Gasteiger partial charge in [0, 0.05) is 11.9 Å². The Morgan fingerprint density at radius 1 is 0.969 bits per heavy atom. The van der Waals surface area contributed by atoms with Gasteiger partial charge in [-0.25, -0.2) is 0 Å². The molecule has 0 spiro atoms. The van der Waals surface area contributed by atoms with E-state index in [1.165, 1.54) is 17.5 Å². The quantitative estimate of drug-likeness (QED) is 0.331. The fraction of sp³-hybridized carbons (Fsp3) is 0.333. The normalized spacial score (nSPS) is 18.8. The lowest BCUT2D eigenvalue weighted by Gasteiger charge is -2.47. The first kappa shape index (κ1) is 22.3. The van der Waals surface area contributed by atoms with E-state index < -0.39 is 20.0 Å². The SMILES string of the molecule is COC(=O)[C@@H]1C[C@@H](C[Si](c2ccccc2)(c2ccccc2)C(C)(C)C)c2cccn2C1=O. The van der Waals surface area contributed by atoms with Gasteiger partial charge >= 0.3 is 5.97 Å². The van der Waals surface area contributed by atoms with E-state index in [0.717, 1.165) is 11.7 Å². The van der Waals surface area contributed by atoms with Gasteiger partial charge in [-0.1, -0.05) is 91.8 Å². The first-order valence-electron chi connectivity index (χ1n) is 11.2. The Kier molecular flexibility index (Phi) is 5.95. The highest BCUT2D eigenvalue weighted by atomic mass is 28.3. The molecule has 4 rings (SSSR count). The molecule has 32 heavy (non-hydrogen) atoms. The zero-order valence-electron chi connectivity index (χ0n) is 19.2. The van der Waals surface area contributed by atoms with Gasteiger partial charge in [-0.2, -0.15) is 0 Å². The van der Waals surface area contributed by atoms with Crippen LogP contribution >= 0.6 is 0 Å². The van der Waals surface area contributed by atoms with E-state index in [0.29, 0.717) is 6.42 Å². The molecule has 0 bridgehead atoms. The fourth-order valence-corrected chi connectivity index (χ4v) is 11.3. The number of benzene rings is 2. The Morgan fingerprint density at radius 2 is 1.53 bits per heavy atom. The van der Waals surface area contributed by atoms with Gasteiger partial charge in [-0.05, 0) is 35.6 Å². The van der Waals surface area contributed by atoms with Crippen LogP contribution < -0.4 is 10.4 Å². The van der Waals surface area contributed by atoms with Gasteiger partial charge in [0.25, 0.3) is 0 Å². The summed E-state index contributed by atoms with van der Waals surface area (Å²) in [7, 11) is -0.993. The predicted octanol–water partition coefficient (Wildman–Crippen LogP) is 4.47. The lowest BCUT2D eigenvalue weighted by molar-refractivity contribution is -0.144. The highest BCUT2D eigenvalue weighted by Gasteiger charge is 2.51. The summed E-state index contributed by atoms with van der Waals surface area (Å²) >= 11 is 0. The minimum atomic E-state index is -2.35. The largest absolute Gasteiger partial charge is 0.468 e. The maximum atomic E-state index is 13.0. The molecule has 0 N–H and O–H groups in total. The van der Waals surface area contributed by atoms with Crippen molar-refractivity contribution < 1.29 is 14.3 Å². The molecule has 2 aromatic carbocycles. The molecule has 1 aromatic heterocycles. The van der Waals surface area contributed by atoms with Crippen LogP contribution in [0.3, 0.4) is 0 Å². The van der Waals surface area contributed by atoms with E-state index >= 15 is 0 Å². The molecule has 1 aliphatic rings. The van der Waals surface area contributed by atoms with Crippen molar-refractivity contribution >= 4 is 30.3 Å². The summed E-state index contributed by atoms with van der Waals surface area (Å²) in [6.45, 7) is 7.01. The summed E-state index contributed by atoms with van der Waals surface area (Å²) in [5.74, 6) is -1.31. The van der Waals surface area contributed by atoms with Gasteiger partial charge in [0.2, 0.25) is 5.91 Å². The predicted molar refractivity (Wildman–Crippen MR) is 130 cm³/mol. The number of esters is 1. The van der Waals surface area contributed by atoms with Crippen LogP contribution in [0.15, 0.2) is 79.0 Å². The molecule has 0 saturated heterocycles. The summed E-state index contributed by atoms with van der Waals surface area (Å²) in [5.41, 5.74) is 1.00. The number of nitrogens with zero attached hydrogens (tertiary/aromatic N) is 1. The van der Waals surface area contributed by atoms with E-state index in [2.05, 4.69) is 81.4 Å². The summed E-state index contributed by atoms with van der Waals surface area (Å²) in [5, 5.41) is 2.77. The van der Waals surface area contributed by atoms with Crippen molar-refractivity contribution in [2.45, 2.75) is 44.2 Å². The first-order valence-corrected chi connectivity index (χ1v) is 13.4. The standard InChI is InChI=1S/C27H31NO3Si/c1-27(2,3)32(21-12-7-5-8-13-21,22-14-9-6-10-15-22)19-20-18-23(26(30)31-4)25(29)28-17-11-16-24(20)28/h5-17,20,23H,18-19H2,1-4H3/t20-,23+/m0/s1. The molecular weight excluding hydrogens is 414 g/mol. The zero-order valence-corrected chi connectivity index (χ0v) is 20.2. The molecule has 0 radical (unpaired) electrons.